The third-order valence-electron chi connectivity index (χ3n) is 4.67. The van der Waals surface area contributed by atoms with Crippen molar-refractivity contribution in [2.45, 2.75) is 36.9 Å². The Kier molecular flexibility index (Phi) is 1.50. The van der Waals surface area contributed by atoms with Crippen molar-refractivity contribution in [3.63, 3.8) is 0 Å². The number of ketones is 2. The molecule has 0 radical (unpaired) electrons. The van der Waals surface area contributed by atoms with E-state index in [1.54, 1.807) is 0 Å². The van der Waals surface area contributed by atoms with Gasteiger partial charge >= 0.3 is 0 Å². The number of rotatable bonds is 0. The zero-order valence-electron chi connectivity index (χ0n) is 8.18. The summed E-state index contributed by atoms with van der Waals surface area (Å²) in [5.41, 5.74) is -0.194. The zero-order valence-corrected chi connectivity index (χ0v) is 9.76. The number of alkyl halides is 1. The lowest BCUT2D eigenvalue weighted by molar-refractivity contribution is -0.132. The highest BCUT2D eigenvalue weighted by atomic mass is 79.9. The van der Waals surface area contributed by atoms with Crippen molar-refractivity contribution in [3.8, 4) is 0 Å². The highest BCUT2D eigenvalue weighted by Crippen LogP contribution is 2.64. The van der Waals surface area contributed by atoms with Crippen molar-refractivity contribution in [2.75, 3.05) is 0 Å². The Morgan fingerprint density at radius 1 is 1.43 bits per heavy atom. The quantitative estimate of drug-likeness (QED) is 0.623. The Morgan fingerprint density at radius 3 is 2.86 bits per heavy atom. The van der Waals surface area contributed by atoms with E-state index in [1.807, 2.05) is 0 Å². The van der Waals surface area contributed by atoms with Crippen LogP contribution in [-0.4, -0.2) is 15.9 Å². The number of carbonyl (C=O) groups is 2. The molecule has 76 valence electrons. The average Bonchev–Trinajstić information content (AvgIpc) is 2.27. The van der Waals surface area contributed by atoms with Gasteiger partial charge in [0, 0.05) is 17.8 Å². The molecular weight excluding hydrogens is 244 g/mol. The van der Waals surface area contributed by atoms with Crippen molar-refractivity contribution in [1.29, 1.82) is 0 Å². The smallest absolute Gasteiger partial charge is 0.156 e. The van der Waals surface area contributed by atoms with E-state index in [1.165, 1.54) is 0 Å². The molecule has 14 heavy (non-hydrogen) atoms. The first kappa shape index (κ1) is 9.08. The molecule has 0 heterocycles. The van der Waals surface area contributed by atoms with Gasteiger partial charge in [-0.2, -0.15) is 0 Å². The largest absolute Gasteiger partial charge is 0.299 e. The van der Waals surface area contributed by atoms with Crippen LogP contribution in [0.2, 0.25) is 0 Å². The molecule has 3 rings (SSSR count). The van der Waals surface area contributed by atoms with Crippen molar-refractivity contribution in [1.82, 2.24) is 0 Å². The van der Waals surface area contributed by atoms with Crippen LogP contribution in [-0.2, 0) is 9.59 Å². The van der Waals surface area contributed by atoms with Gasteiger partial charge in [-0.3, -0.25) is 9.59 Å². The van der Waals surface area contributed by atoms with Crippen LogP contribution in [0.1, 0.15) is 32.6 Å². The minimum Gasteiger partial charge on any atom is -0.299 e. The van der Waals surface area contributed by atoms with Gasteiger partial charge in [0.15, 0.2) is 5.78 Å². The maximum absolute atomic E-state index is 12.2. The molecule has 3 aliphatic carbocycles. The van der Waals surface area contributed by atoms with E-state index in [-0.39, 0.29) is 11.3 Å². The molecule has 0 unspecified atom stereocenters. The van der Waals surface area contributed by atoms with Crippen LogP contribution in [0.15, 0.2) is 0 Å². The van der Waals surface area contributed by atoms with Gasteiger partial charge in [0.25, 0.3) is 0 Å². The molecule has 3 fully saturated rings. The van der Waals surface area contributed by atoms with Gasteiger partial charge in [0.1, 0.15) is 5.78 Å². The molecular formula is C11H13BrO2. The molecule has 0 amide bonds. The highest BCUT2D eigenvalue weighted by Gasteiger charge is 2.68. The van der Waals surface area contributed by atoms with Gasteiger partial charge in [0.2, 0.25) is 0 Å². The average molecular weight is 257 g/mol. The Hall–Kier alpha value is -0.180. The van der Waals surface area contributed by atoms with E-state index in [9.17, 15) is 9.59 Å². The first-order chi connectivity index (χ1) is 6.48. The minimum atomic E-state index is -0.480. The molecule has 0 saturated heterocycles. The number of Topliss-reactive ketones (excluding diaryl/α,β-unsaturated/α-hetero) is 2. The van der Waals surface area contributed by atoms with Gasteiger partial charge < -0.3 is 0 Å². The third kappa shape index (κ3) is 0.755. The van der Waals surface area contributed by atoms with Gasteiger partial charge in [-0.15, -0.1) is 0 Å². The standard InChI is InChI=1S/C11H13BrO2/c1-10-5-7-8(13)4-6(10)2-3-11(7,12)9(10)14/h6-7H,2-5H2,1H3/t6-,7-,10+,11+/m0/s1. The van der Waals surface area contributed by atoms with Crippen LogP contribution in [0.25, 0.3) is 0 Å². The Labute approximate surface area is 91.6 Å². The van der Waals surface area contributed by atoms with E-state index < -0.39 is 4.32 Å². The van der Waals surface area contributed by atoms with Gasteiger partial charge in [0.05, 0.1) is 4.32 Å². The summed E-state index contributed by atoms with van der Waals surface area (Å²) in [6.07, 6.45) is 3.33. The fourth-order valence-electron chi connectivity index (χ4n) is 3.74. The van der Waals surface area contributed by atoms with Crippen LogP contribution in [0.3, 0.4) is 0 Å². The second kappa shape index (κ2) is 2.31. The third-order valence-corrected chi connectivity index (χ3v) is 5.98. The summed E-state index contributed by atoms with van der Waals surface area (Å²) in [7, 11) is 0. The summed E-state index contributed by atoms with van der Waals surface area (Å²) < 4.78 is -0.480. The summed E-state index contributed by atoms with van der Waals surface area (Å²) in [6.45, 7) is 2.06. The van der Waals surface area contributed by atoms with Crippen molar-refractivity contribution in [3.05, 3.63) is 0 Å². The molecule has 0 aromatic heterocycles. The molecule has 4 atom stereocenters. The zero-order chi connectivity index (χ0) is 10.1. The lowest BCUT2D eigenvalue weighted by Crippen LogP contribution is -2.43. The molecule has 2 nitrogen and oxygen atoms in total. The molecule has 3 saturated carbocycles. The molecule has 0 aliphatic heterocycles. The summed E-state index contributed by atoms with van der Waals surface area (Å²) in [6, 6.07) is 0. The Bertz CT molecular complexity index is 351. The van der Waals surface area contributed by atoms with E-state index >= 15 is 0 Å². The maximum Gasteiger partial charge on any atom is 0.156 e. The van der Waals surface area contributed by atoms with Gasteiger partial charge in [-0.1, -0.05) is 22.9 Å². The Balaban J connectivity index is 2.21. The normalized spacial score (nSPS) is 55.6. The van der Waals surface area contributed by atoms with E-state index in [4.69, 9.17) is 0 Å². The van der Waals surface area contributed by atoms with Crippen LogP contribution in [0, 0.1) is 17.3 Å². The number of fused-ring (bicyclic) bond motifs is 3. The highest BCUT2D eigenvalue weighted by molar-refractivity contribution is 9.10. The van der Waals surface area contributed by atoms with Crippen molar-refractivity contribution in [2.24, 2.45) is 17.3 Å². The van der Waals surface area contributed by atoms with E-state index in [2.05, 4.69) is 22.9 Å². The number of carbonyl (C=O) groups excluding carboxylic acids is 2. The maximum atomic E-state index is 12.2. The lowest BCUT2D eigenvalue weighted by Gasteiger charge is -2.38. The van der Waals surface area contributed by atoms with Gasteiger partial charge in [-0.25, -0.2) is 0 Å². The number of hydrogen-bond donors (Lipinski definition) is 0. The van der Waals surface area contributed by atoms with Crippen LogP contribution < -0.4 is 0 Å². The Morgan fingerprint density at radius 2 is 2.14 bits per heavy atom. The van der Waals surface area contributed by atoms with Gasteiger partial charge in [-0.05, 0) is 25.2 Å². The predicted molar refractivity (Wildman–Crippen MR) is 55.2 cm³/mol. The van der Waals surface area contributed by atoms with Crippen LogP contribution >= 0.6 is 15.9 Å². The molecule has 0 aromatic rings. The fourth-order valence-corrected chi connectivity index (χ4v) is 4.83. The van der Waals surface area contributed by atoms with E-state index in [0.717, 1.165) is 19.3 Å². The predicted octanol–water partition coefficient (Wildman–Crippen LogP) is 2.10. The monoisotopic (exact) mass is 256 g/mol. The summed E-state index contributed by atoms with van der Waals surface area (Å²) in [5, 5.41) is 0. The summed E-state index contributed by atoms with van der Waals surface area (Å²) in [5.74, 6) is 0.912. The SMILES string of the molecule is C[C@@]12C[C@H]3C(=O)C[C@@H]1CC[C@]3(Br)C2=O. The second-order valence-electron chi connectivity index (χ2n) is 5.27. The summed E-state index contributed by atoms with van der Waals surface area (Å²) in [4.78, 5) is 24.1. The summed E-state index contributed by atoms with van der Waals surface area (Å²) >= 11 is 3.56. The fraction of sp³-hybridized carbons (Fsp3) is 0.818. The second-order valence-corrected chi connectivity index (χ2v) is 6.69. The first-order valence-corrected chi connectivity index (χ1v) is 6.04. The molecule has 0 spiro atoms. The number of hydrogen-bond acceptors (Lipinski definition) is 2. The molecule has 3 heteroatoms. The van der Waals surface area contributed by atoms with Crippen molar-refractivity contribution >= 4 is 27.5 Å². The lowest BCUT2D eigenvalue weighted by atomic mass is 9.65. The molecule has 0 aromatic carbocycles. The number of halogens is 1. The molecule has 3 aliphatic rings. The van der Waals surface area contributed by atoms with Crippen LogP contribution in [0.5, 0.6) is 0 Å². The van der Waals surface area contributed by atoms with E-state index in [0.29, 0.717) is 23.9 Å². The molecule has 0 N–H and O–H groups in total. The first-order valence-electron chi connectivity index (χ1n) is 5.25. The van der Waals surface area contributed by atoms with Crippen LogP contribution in [0.4, 0.5) is 0 Å². The molecule has 3 bridgehead atoms. The minimum absolute atomic E-state index is 0.0289. The van der Waals surface area contributed by atoms with Crippen molar-refractivity contribution < 1.29 is 9.59 Å². The topological polar surface area (TPSA) is 34.1 Å².